The standard InChI is InChI=1S/C15H14N4O2S2/c1-10-7-14(21)19-15(16-10)23-13(18-19)9-22-8-12(20)17-11-5-3-2-4-6-11/h2-7H,8-9H2,1H3,(H,17,20). The molecule has 0 saturated carbocycles. The normalized spacial score (nSPS) is 10.8. The number of nitrogens with zero attached hydrogens (tertiary/aromatic N) is 3. The lowest BCUT2D eigenvalue weighted by Gasteiger charge is -2.03. The molecule has 0 aliphatic heterocycles. The number of aromatic nitrogens is 3. The molecular formula is C15H14N4O2S2. The quantitative estimate of drug-likeness (QED) is 0.767. The van der Waals surface area contributed by atoms with Gasteiger partial charge in [-0.2, -0.15) is 9.61 Å². The maximum atomic E-state index is 11.9. The number of thioether (sulfide) groups is 1. The third kappa shape index (κ3) is 3.96. The highest BCUT2D eigenvalue weighted by Gasteiger charge is 2.09. The SMILES string of the molecule is Cc1cc(=O)n2nc(CSCC(=O)Nc3ccccc3)sc2n1. The molecule has 1 N–H and O–H groups in total. The van der Waals surface area contributed by atoms with Crippen molar-refractivity contribution >= 4 is 39.7 Å². The number of anilines is 1. The lowest BCUT2D eigenvalue weighted by Crippen LogP contribution is -2.15. The van der Waals surface area contributed by atoms with Gasteiger partial charge in [-0.25, -0.2) is 4.98 Å². The van der Waals surface area contributed by atoms with Gasteiger partial charge in [-0.05, 0) is 19.1 Å². The van der Waals surface area contributed by atoms with Gasteiger partial charge >= 0.3 is 0 Å². The molecule has 2 heterocycles. The predicted octanol–water partition coefficient (Wildman–Crippen LogP) is 2.33. The zero-order valence-electron chi connectivity index (χ0n) is 12.4. The Morgan fingerprint density at radius 1 is 1.35 bits per heavy atom. The molecule has 2 aromatic heterocycles. The number of amides is 1. The van der Waals surface area contributed by atoms with Crippen LogP contribution in [0.25, 0.3) is 4.96 Å². The molecule has 0 aliphatic carbocycles. The van der Waals surface area contributed by atoms with Crippen molar-refractivity contribution in [3.63, 3.8) is 0 Å². The summed E-state index contributed by atoms with van der Waals surface area (Å²) >= 11 is 2.82. The summed E-state index contributed by atoms with van der Waals surface area (Å²) in [6.45, 7) is 1.78. The Kier molecular flexibility index (Phi) is 4.73. The third-order valence-corrected chi connectivity index (χ3v) is 4.97. The third-order valence-electron chi connectivity index (χ3n) is 2.93. The monoisotopic (exact) mass is 346 g/mol. The second-order valence-electron chi connectivity index (χ2n) is 4.83. The van der Waals surface area contributed by atoms with Crippen molar-refractivity contribution < 1.29 is 4.79 Å². The van der Waals surface area contributed by atoms with Gasteiger partial charge in [0.1, 0.15) is 5.01 Å². The molecule has 118 valence electrons. The first kappa shape index (κ1) is 15.7. The molecule has 6 nitrogen and oxygen atoms in total. The molecule has 23 heavy (non-hydrogen) atoms. The van der Waals surface area contributed by atoms with E-state index in [2.05, 4.69) is 15.4 Å². The van der Waals surface area contributed by atoms with Crippen LogP contribution in [-0.2, 0) is 10.5 Å². The predicted molar refractivity (Wildman–Crippen MR) is 93.1 cm³/mol. The Labute approximate surface area is 140 Å². The van der Waals surface area contributed by atoms with Crippen LogP contribution < -0.4 is 10.9 Å². The molecule has 0 unspecified atom stereocenters. The zero-order chi connectivity index (χ0) is 16.2. The number of benzene rings is 1. The van der Waals surface area contributed by atoms with E-state index in [0.29, 0.717) is 22.2 Å². The fourth-order valence-corrected chi connectivity index (χ4v) is 3.79. The molecule has 0 bridgehead atoms. The van der Waals surface area contributed by atoms with Crippen LogP contribution in [0.2, 0.25) is 0 Å². The molecule has 0 saturated heterocycles. The van der Waals surface area contributed by atoms with Crippen molar-refractivity contribution in [1.82, 2.24) is 14.6 Å². The van der Waals surface area contributed by atoms with Crippen molar-refractivity contribution in [2.45, 2.75) is 12.7 Å². The summed E-state index contributed by atoms with van der Waals surface area (Å²) in [4.78, 5) is 28.5. The van der Waals surface area contributed by atoms with Crippen LogP contribution in [-0.4, -0.2) is 26.3 Å². The zero-order valence-corrected chi connectivity index (χ0v) is 14.0. The highest BCUT2D eigenvalue weighted by Crippen LogP contribution is 2.18. The average molecular weight is 346 g/mol. The average Bonchev–Trinajstić information content (AvgIpc) is 2.91. The number of carbonyl (C=O) groups excluding carboxylic acids is 1. The van der Waals surface area contributed by atoms with Gasteiger partial charge in [0.2, 0.25) is 10.9 Å². The van der Waals surface area contributed by atoms with E-state index in [1.54, 1.807) is 6.92 Å². The van der Waals surface area contributed by atoms with Crippen LogP contribution in [0, 0.1) is 6.92 Å². The maximum Gasteiger partial charge on any atom is 0.275 e. The minimum Gasteiger partial charge on any atom is -0.325 e. The van der Waals surface area contributed by atoms with E-state index in [0.717, 1.165) is 10.7 Å². The Morgan fingerprint density at radius 2 is 2.13 bits per heavy atom. The van der Waals surface area contributed by atoms with Crippen LogP contribution in [0.4, 0.5) is 5.69 Å². The smallest absolute Gasteiger partial charge is 0.275 e. The molecule has 3 aromatic rings. The van der Waals surface area contributed by atoms with Crippen LogP contribution in [0.1, 0.15) is 10.7 Å². The summed E-state index contributed by atoms with van der Waals surface area (Å²) in [5.74, 6) is 0.828. The molecule has 0 aliphatic rings. The Bertz CT molecular complexity index is 889. The van der Waals surface area contributed by atoms with Crippen LogP contribution in [0.15, 0.2) is 41.2 Å². The van der Waals surface area contributed by atoms with Crippen molar-refractivity contribution in [3.8, 4) is 0 Å². The molecule has 1 aromatic carbocycles. The summed E-state index contributed by atoms with van der Waals surface area (Å²) in [5, 5.41) is 7.84. The molecule has 8 heteroatoms. The van der Waals surface area contributed by atoms with Gasteiger partial charge in [-0.1, -0.05) is 29.5 Å². The lowest BCUT2D eigenvalue weighted by molar-refractivity contribution is -0.113. The van der Waals surface area contributed by atoms with Gasteiger partial charge in [0.05, 0.1) is 5.75 Å². The minimum absolute atomic E-state index is 0.0616. The highest BCUT2D eigenvalue weighted by molar-refractivity contribution is 7.99. The number of aryl methyl sites for hydroxylation is 1. The van der Waals surface area contributed by atoms with Crippen LogP contribution in [0.5, 0.6) is 0 Å². The van der Waals surface area contributed by atoms with Crippen molar-refractivity contribution in [1.29, 1.82) is 0 Å². The van der Waals surface area contributed by atoms with Crippen LogP contribution in [0.3, 0.4) is 0 Å². The topological polar surface area (TPSA) is 76.4 Å². The lowest BCUT2D eigenvalue weighted by atomic mass is 10.3. The largest absolute Gasteiger partial charge is 0.325 e. The van der Waals surface area contributed by atoms with Gasteiger partial charge in [0.25, 0.3) is 5.56 Å². The Morgan fingerprint density at radius 3 is 2.91 bits per heavy atom. The molecule has 0 fully saturated rings. The summed E-state index contributed by atoms with van der Waals surface area (Å²) < 4.78 is 1.30. The second-order valence-corrected chi connectivity index (χ2v) is 6.86. The maximum absolute atomic E-state index is 11.9. The fourth-order valence-electron chi connectivity index (χ4n) is 1.97. The number of fused-ring (bicyclic) bond motifs is 1. The summed E-state index contributed by atoms with van der Waals surface area (Å²) in [6.07, 6.45) is 0. The van der Waals surface area contributed by atoms with E-state index in [1.807, 2.05) is 30.3 Å². The van der Waals surface area contributed by atoms with Crippen LogP contribution >= 0.6 is 23.1 Å². The van der Waals surface area contributed by atoms with E-state index >= 15 is 0 Å². The molecule has 1 amide bonds. The molecule has 0 spiro atoms. The van der Waals surface area contributed by atoms with E-state index in [9.17, 15) is 9.59 Å². The van der Waals surface area contributed by atoms with E-state index in [1.165, 1.54) is 33.7 Å². The molecule has 0 atom stereocenters. The molecular weight excluding hydrogens is 332 g/mol. The summed E-state index contributed by atoms with van der Waals surface area (Å²) in [6, 6.07) is 10.8. The van der Waals surface area contributed by atoms with Crippen molar-refractivity contribution in [2.75, 3.05) is 11.1 Å². The van der Waals surface area contributed by atoms with E-state index < -0.39 is 0 Å². The fraction of sp³-hybridized carbons (Fsp3) is 0.200. The number of hydrogen-bond acceptors (Lipinski definition) is 6. The minimum atomic E-state index is -0.179. The number of hydrogen-bond donors (Lipinski definition) is 1. The Hall–Kier alpha value is -2.19. The second kappa shape index (κ2) is 6.93. The number of carbonyl (C=O) groups is 1. The molecule has 3 rings (SSSR count). The first-order valence-electron chi connectivity index (χ1n) is 6.91. The van der Waals surface area contributed by atoms with Crippen molar-refractivity contribution in [2.24, 2.45) is 0 Å². The van der Waals surface area contributed by atoms with Gasteiger partial charge in [-0.3, -0.25) is 9.59 Å². The first-order chi connectivity index (χ1) is 11.1. The Balaban J connectivity index is 1.57. The molecule has 0 radical (unpaired) electrons. The van der Waals surface area contributed by atoms with Gasteiger partial charge in [0, 0.05) is 23.2 Å². The number of rotatable bonds is 5. The number of para-hydroxylation sites is 1. The van der Waals surface area contributed by atoms with E-state index in [4.69, 9.17) is 0 Å². The first-order valence-corrected chi connectivity index (χ1v) is 8.88. The highest BCUT2D eigenvalue weighted by atomic mass is 32.2. The number of nitrogens with one attached hydrogen (secondary N) is 1. The van der Waals surface area contributed by atoms with Gasteiger partial charge in [0.15, 0.2) is 0 Å². The van der Waals surface area contributed by atoms with Crippen molar-refractivity contribution in [3.05, 3.63) is 57.5 Å². The van der Waals surface area contributed by atoms with E-state index in [-0.39, 0.29) is 11.5 Å². The van der Waals surface area contributed by atoms with Gasteiger partial charge in [-0.15, -0.1) is 11.8 Å². The van der Waals surface area contributed by atoms with Gasteiger partial charge < -0.3 is 5.32 Å². The summed E-state index contributed by atoms with van der Waals surface area (Å²) in [7, 11) is 0. The summed E-state index contributed by atoms with van der Waals surface area (Å²) in [5.41, 5.74) is 1.28.